The predicted molar refractivity (Wildman–Crippen MR) is 48.4 cm³/mol. The summed E-state index contributed by atoms with van der Waals surface area (Å²) >= 11 is 8.80. The van der Waals surface area contributed by atoms with Gasteiger partial charge >= 0.3 is 51.4 Å². The van der Waals surface area contributed by atoms with Crippen molar-refractivity contribution in [3.05, 3.63) is 24.3 Å². The van der Waals surface area contributed by atoms with E-state index in [4.69, 9.17) is 0 Å². The van der Waals surface area contributed by atoms with Crippen LogP contribution < -0.4 is 0 Å². The summed E-state index contributed by atoms with van der Waals surface area (Å²) in [5.41, 5.74) is 0. The van der Waals surface area contributed by atoms with Gasteiger partial charge in [0.1, 0.15) is 0 Å². The van der Waals surface area contributed by atoms with Crippen LogP contribution in [0.5, 0.6) is 0 Å². The Morgan fingerprint density at radius 3 is 2.00 bits per heavy atom. The molecule has 0 radical (unpaired) electrons. The summed E-state index contributed by atoms with van der Waals surface area (Å²) in [6, 6.07) is 0. The van der Waals surface area contributed by atoms with E-state index in [1.165, 1.54) is 0 Å². The van der Waals surface area contributed by atoms with E-state index in [0.717, 1.165) is 6.42 Å². The molecular formula is C5H5Br3Zr-. The van der Waals surface area contributed by atoms with Gasteiger partial charge in [0.2, 0.25) is 0 Å². The van der Waals surface area contributed by atoms with Gasteiger partial charge in [-0.15, -0.1) is 6.42 Å². The van der Waals surface area contributed by atoms with Crippen LogP contribution in [0.15, 0.2) is 18.2 Å². The average molecular weight is 396 g/mol. The zero-order valence-electron chi connectivity index (χ0n) is 4.57. The molecule has 0 unspecified atom stereocenters. The SMILES string of the molecule is [Br][Zr]([Br])[Br].[C-]1=CC=CC1. The van der Waals surface area contributed by atoms with E-state index >= 15 is 0 Å². The Bertz CT molecular complexity index is 96.0. The van der Waals surface area contributed by atoms with Gasteiger partial charge in [-0.05, 0) is 0 Å². The molecule has 0 amide bonds. The summed E-state index contributed by atoms with van der Waals surface area (Å²) in [4.78, 5) is 0. The molecule has 0 saturated carbocycles. The van der Waals surface area contributed by atoms with E-state index in [-0.39, 0.29) is 0 Å². The Morgan fingerprint density at radius 1 is 1.33 bits per heavy atom. The summed E-state index contributed by atoms with van der Waals surface area (Å²) in [6.45, 7) is 0. The maximum atomic E-state index is 3.30. The van der Waals surface area contributed by atoms with Crippen molar-refractivity contribution in [3.63, 3.8) is 0 Å². The number of hydrogen-bond donors (Lipinski definition) is 0. The van der Waals surface area contributed by atoms with Crippen LogP contribution in [0.3, 0.4) is 0 Å². The quantitative estimate of drug-likeness (QED) is 0.546. The fourth-order valence-electron chi connectivity index (χ4n) is 0.340. The van der Waals surface area contributed by atoms with Gasteiger partial charge < -0.3 is 0 Å². The zero-order valence-corrected chi connectivity index (χ0v) is 11.8. The molecular weight excluding hydrogens is 391 g/mol. The summed E-state index contributed by atoms with van der Waals surface area (Å²) in [7, 11) is 0. The fraction of sp³-hybridized carbons (Fsp3) is 0.200. The molecule has 0 aliphatic heterocycles. The number of rotatable bonds is 0. The Kier molecular flexibility index (Phi) is 9.49. The molecule has 0 N–H and O–H groups in total. The monoisotopic (exact) mass is 392 g/mol. The van der Waals surface area contributed by atoms with Crippen molar-refractivity contribution < 1.29 is 14.7 Å². The van der Waals surface area contributed by atoms with E-state index in [2.05, 4.69) is 48.8 Å². The second kappa shape index (κ2) is 7.91. The van der Waals surface area contributed by atoms with Crippen molar-refractivity contribution in [3.8, 4) is 0 Å². The van der Waals surface area contributed by atoms with Crippen molar-refractivity contribution in [2.45, 2.75) is 6.42 Å². The van der Waals surface area contributed by atoms with Crippen LogP contribution in [0.1, 0.15) is 6.42 Å². The van der Waals surface area contributed by atoms with Crippen molar-refractivity contribution in [1.29, 1.82) is 0 Å². The largest absolute Gasteiger partial charge is 0.273 e. The first kappa shape index (κ1) is 10.8. The normalized spacial score (nSPS) is 12.8. The summed E-state index contributed by atoms with van der Waals surface area (Å²) < 4.78 is 0. The van der Waals surface area contributed by atoms with E-state index in [1.807, 2.05) is 12.2 Å². The molecule has 1 aliphatic rings. The number of allylic oxidation sites excluding steroid dienone is 4. The smallest absolute Gasteiger partial charge is 0.109 e. The van der Waals surface area contributed by atoms with Gasteiger partial charge in [-0.3, -0.25) is 6.08 Å². The third-order valence-corrected chi connectivity index (χ3v) is 0.586. The molecule has 0 heterocycles. The second-order valence-electron chi connectivity index (χ2n) is 1.22. The third-order valence-electron chi connectivity index (χ3n) is 0.586. The molecule has 0 spiro atoms. The average Bonchev–Trinajstić information content (AvgIpc) is 2.11. The minimum Gasteiger partial charge on any atom is -0.273 e. The van der Waals surface area contributed by atoms with E-state index in [9.17, 15) is 0 Å². The molecule has 0 fully saturated rings. The maximum absolute atomic E-state index is 3.30. The van der Waals surface area contributed by atoms with Crippen LogP contribution in [-0.4, -0.2) is 0 Å². The summed E-state index contributed by atoms with van der Waals surface area (Å²) in [6.07, 6.45) is 10.0. The van der Waals surface area contributed by atoms with Gasteiger partial charge in [0.05, 0.1) is 0 Å². The molecule has 0 aromatic rings. The second-order valence-corrected chi connectivity index (χ2v) is 35.2. The maximum Gasteiger partial charge on any atom is -0.109 e. The first-order valence-electron chi connectivity index (χ1n) is 2.28. The van der Waals surface area contributed by atoms with Gasteiger partial charge in [0, 0.05) is 0 Å². The molecule has 0 nitrogen and oxygen atoms in total. The van der Waals surface area contributed by atoms with E-state index in [0.29, 0.717) is 0 Å². The van der Waals surface area contributed by atoms with Gasteiger partial charge in [-0.2, -0.15) is 6.08 Å². The predicted octanol–water partition coefficient (Wildman–Crippen LogP) is 3.84. The van der Waals surface area contributed by atoms with Gasteiger partial charge in [-0.25, -0.2) is 12.2 Å². The number of hydrogen-bond acceptors (Lipinski definition) is 0. The van der Waals surface area contributed by atoms with Gasteiger partial charge in [0.25, 0.3) is 0 Å². The first-order chi connectivity index (χ1) is 4.23. The molecule has 9 heavy (non-hydrogen) atoms. The van der Waals surface area contributed by atoms with Crippen molar-refractivity contribution in [2.75, 3.05) is 0 Å². The van der Waals surface area contributed by atoms with Crippen LogP contribution in [0.2, 0.25) is 0 Å². The van der Waals surface area contributed by atoms with E-state index < -0.39 is 14.7 Å². The Labute approximate surface area is 80.8 Å². The van der Waals surface area contributed by atoms with Crippen LogP contribution in [0.25, 0.3) is 0 Å². The van der Waals surface area contributed by atoms with Crippen molar-refractivity contribution >= 4 is 36.7 Å². The molecule has 1 rings (SSSR count). The number of halogens is 3. The Balaban J connectivity index is 0.000000148. The Hall–Kier alpha value is 1.80. The van der Waals surface area contributed by atoms with E-state index in [1.54, 1.807) is 0 Å². The standard InChI is InChI=1S/C5H5.3BrH.Zr/c1-2-4-5-3-1;;;;/h1-3H,4H2;3*1H;/q-1;;;;+3/p-3. The van der Waals surface area contributed by atoms with Gasteiger partial charge in [-0.1, -0.05) is 0 Å². The first-order valence-corrected chi connectivity index (χ1v) is 19.1. The minimum absolute atomic E-state index is 1.01. The topological polar surface area (TPSA) is 0 Å². The molecule has 1 aliphatic carbocycles. The summed E-state index contributed by atoms with van der Waals surface area (Å²) in [5.74, 6) is 0. The van der Waals surface area contributed by atoms with Crippen LogP contribution in [0, 0.1) is 6.08 Å². The molecule has 4 heteroatoms. The Morgan fingerprint density at radius 2 is 1.89 bits per heavy atom. The van der Waals surface area contributed by atoms with Crippen LogP contribution in [-0.2, 0) is 14.7 Å². The van der Waals surface area contributed by atoms with Crippen LogP contribution in [0.4, 0.5) is 0 Å². The molecule has 0 bridgehead atoms. The van der Waals surface area contributed by atoms with Gasteiger partial charge in [0.15, 0.2) is 0 Å². The van der Waals surface area contributed by atoms with Crippen LogP contribution >= 0.6 is 36.7 Å². The zero-order chi connectivity index (χ0) is 7.11. The molecule has 0 atom stereocenters. The van der Waals surface area contributed by atoms with Crippen molar-refractivity contribution in [2.24, 2.45) is 0 Å². The van der Waals surface area contributed by atoms with Crippen molar-refractivity contribution in [1.82, 2.24) is 0 Å². The fourth-order valence-corrected chi connectivity index (χ4v) is 0.340. The summed E-state index contributed by atoms with van der Waals surface area (Å²) in [5, 5.41) is 0. The molecule has 0 saturated heterocycles. The molecule has 0 aromatic carbocycles. The third kappa shape index (κ3) is 12.9. The molecule has 51 valence electrons. The molecule has 0 aromatic heterocycles. The minimum atomic E-state index is -1.11.